The summed E-state index contributed by atoms with van der Waals surface area (Å²) in [5.74, 6) is 0. The maximum absolute atomic E-state index is 3.49. The molecule has 1 heterocycles. The number of aromatic nitrogens is 1. The van der Waals surface area contributed by atoms with E-state index in [-0.39, 0.29) is 0 Å². The van der Waals surface area contributed by atoms with Gasteiger partial charge in [0.1, 0.15) is 0 Å². The molecule has 0 aromatic carbocycles. The van der Waals surface area contributed by atoms with Gasteiger partial charge in [-0.3, -0.25) is 0 Å². The lowest BCUT2D eigenvalue weighted by atomic mass is 10.4. The summed E-state index contributed by atoms with van der Waals surface area (Å²) in [4.78, 5) is 2.48. The average molecular weight is 223 g/mol. The molecule has 1 rings (SSSR count). The molecule has 1 aromatic heterocycles. The predicted molar refractivity (Wildman–Crippen MR) is 69.5 cm³/mol. The van der Waals surface area contributed by atoms with Gasteiger partial charge in [-0.2, -0.15) is 0 Å². The molecule has 0 amide bonds. The van der Waals surface area contributed by atoms with Crippen molar-refractivity contribution in [3.8, 4) is 0 Å². The van der Waals surface area contributed by atoms with Gasteiger partial charge < -0.3 is 14.8 Å². The van der Waals surface area contributed by atoms with E-state index in [9.17, 15) is 0 Å². The molecule has 0 atom stereocenters. The van der Waals surface area contributed by atoms with Crippen LogP contribution < -0.4 is 5.32 Å². The van der Waals surface area contributed by atoms with E-state index >= 15 is 0 Å². The second kappa shape index (κ2) is 7.47. The van der Waals surface area contributed by atoms with Gasteiger partial charge in [-0.05, 0) is 31.6 Å². The maximum Gasteiger partial charge on any atom is 0.0359 e. The van der Waals surface area contributed by atoms with Crippen LogP contribution in [-0.2, 0) is 13.6 Å². The zero-order valence-electron chi connectivity index (χ0n) is 10.9. The van der Waals surface area contributed by atoms with Gasteiger partial charge in [0.25, 0.3) is 0 Å². The average Bonchev–Trinajstić information content (AvgIpc) is 2.69. The van der Waals surface area contributed by atoms with Gasteiger partial charge in [0.2, 0.25) is 0 Å². The van der Waals surface area contributed by atoms with Crippen LogP contribution in [0.5, 0.6) is 0 Å². The lowest BCUT2D eigenvalue weighted by Gasteiger charge is -2.19. The minimum atomic E-state index is 0.965. The molecule has 0 unspecified atom stereocenters. The zero-order chi connectivity index (χ0) is 11.8. The first-order valence-electron chi connectivity index (χ1n) is 6.31. The minimum absolute atomic E-state index is 0.965. The summed E-state index contributed by atoms with van der Waals surface area (Å²) < 4.78 is 2.16. The highest BCUT2D eigenvalue weighted by molar-refractivity contribution is 5.05. The fraction of sp³-hybridized carbons (Fsp3) is 0.692. The van der Waals surface area contributed by atoms with Gasteiger partial charge in [-0.1, -0.05) is 13.8 Å². The van der Waals surface area contributed by atoms with Crippen molar-refractivity contribution in [1.29, 1.82) is 0 Å². The molecule has 16 heavy (non-hydrogen) atoms. The Bertz CT molecular complexity index is 280. The van der Waals surface area contributed by atoms with Crippen molar-refractivity contribution in [2.75, 3.05) is 26.2 Å². The first kappa shape index (κ1) is 13.3. The molecule has 0 saturated heterocycles. The number of nitrogens with one attached hydrogen (secondary N) is 1. The van der Waals surface area contributed by atoms with E-state index in [0.717, 1.165) is 26.2 Å². The van der Waals surface area contributed by atoms with Gasteiger partial charge in [-0.15, -0.1) is 0 Å². The molecule has 92 valence electrons. The molecule has 0 aliphatic heterocycles. The second-order valence-electron chi connectivity index (χ2n) is 4.22. The maximum atomic E-state index is 3.49. The van der Waals surface area contributed by atoms with Crippen LogP contribution in [0.1, 0.15) is 26.0 Å². The highest BCUT2D eigenvalue weighted by Gasteiger charge is 2.00. The monoisotopic (exact) mass is 223 g/mol. The Morgan fingerprint density at radius 3 is 2.69 bits per heavy atom. The van der Waals surface area contributed by atoms with Crippen LogP contribution >= 0.6 is 0 Å². The first-order chi connectivity index (χ1) is 7.77. The van der Waals surface area contributed by atoms with E-state index in [1.54, 1.807) is 0 Å². The molecule has 3 nitrogen and oxygen atoms in total. The second-order valence-corrected chi connectivity index (χ2v) is 4.22. The number of hydrogen-bond donors (Lipinski definition) is 1. The number of hydrogen-bond acceptors (Lipinski definition) is 2. The van der Waals surface area contributed by atoms with Crippen LogP contribution in [-0.4, -0.2) is 35.6 Å². The lowest BCUT2D eigenvalue weighted by molar-refractivity contribution is 0.287. The molecule has 0 spiro atoms. The number of aryl methyl sites for hydroxylation is 1. The topological polar surface area (TPSA) is 20.2 Å². The molecule has 1 N–H and O–H groups in total. The van der Waals surface area contributed by atoms with E-state index in [0.29, 0.717) is 0 Å². The highest BCUT2D eigenvalue weighted by atomic mass is 15.1. The van der Waals surface area contributed by atoms with Crippen LogP contribution in [0.25, 0.3) is 0 Å². The predicted octanol–water partition coefficient (Wildman–Crippen LogP) is 1.85. The van der Waals surface area contributed by atoms with Crippen LogP contribution in [0.15, 0.2) is 18.3 Å². The van der Waals surface area contributed by atoms with Crippen molar-refractivity contribution in [1.82, 2.24) is 14.8 Å². The van der Waals surface area contributed by atoms with E-state index < -0.39 is 0 Å². The highest BCUT2D eigenvalue weighted by Crippen LogP contribution is 1.98. The van der Waals surface area contributed by atoms with Gasteiger partial charge >= 0.3 is 0 Å². The lowest BCUT2D eigenvalue weighted by Crippen LogP contribution is -2.32. The van der Waals surface area contributed by atoms with Gasteiger partial charge in [0.15, 0.2) is 0 Å². The molecule has 0 saturated carbocycles. The summed E-state index contributed by atoms with van der Waals surface area (Å²) in [5.41, 5.74) is 1.35. The van der Waals surface area contributed by atoms with Crippen LogP contribution in [0.2, 0.25) is 0 Å². The number of rotatable bonds is 8. The summed E-state index contributed by atoms with van der Waals surface area (Å²) in [6, 6.07) is 4.25. The quantitative estimate of drug-likeness (QED) is 0.679. The third-order valence-corrected chi connectivity index (χ3v) is 2.95. The summed E-state index contributed by atoms with van der Waals surface area (Å²) in [5, 5.41) is 3.49. The standard InChI is InChI=1S/C13H25N3/c1-4-9-16(5-2)11-8-14-12-13-7-6-10-15(13)3/h6-7,10,14H,4-5,8-9,11-12H2,1-3H3. The van der Waals surface area contributed by atoms with E-state index in [2.05, 4.69) is 54.0 Å². The van der Waals surface area contributed by atoms with Crippen molar-refractivity contribution in [2.24, 2.45) is 7.05 Å². The number of likely N-dealkylation sites (N-methyl/N-ethyl adjacent to an activating group) is 1. The van der Waals surface area contributed by atoms with Crippen molar-refractivity contribution in [3.05, 3.63) is 24.0 Å². The Balaban J connectivity index is 2.14. The molecule has 0 aliphatic rings. The Morgan fingerprint density at radius 1 is 1.31 bits per heavy atom. The largest absolute Gasteiger partial charge is 0.353 e. The third-order valence-electron chi connectivity index (χ3n) is 2.95. The van der Waals surface area contributed by atoms with Gasteiger partial charge in [-0.25, -0.2) is 0 Å². The normalized spacial score (nSPS) is 11.2. The van der Waals surface area contributed by atoms with Gasteiger partial charge in [0, 0.05) is 38.6 Å². The van der Waals surface area contributed by atoms with E-state index in [1.165, 1.54) is 18.7 Å². The molecule has 3 heteroatoms. The Hall–Kier alpha value is -0.800. The van der Waals surface area contributed by atoms with Crippen LogP contribution in [0, 0.1) is 0 Å². The van der Waals surface area contributed by atoms with E-state index in [4.69, 9.17) is 0 Å². The van der Waals surface area contributed by atoms with Crippen molar-refractivity contribution in [3.63, 3.8) is 0 Å². The van der Waals surface area contributed by atoms with Crippen molar-refractivity contribution >= 4 is 0 Å². The number of nitrogens with zero attached hydrogens (tertiary/aromatic N) is 2. The summed E-state index contributed by atoms with van der Waals surface area (Å²) >= 11 is 0. The molecular weight excluding hydrogens is 198 g/mol. The first-order valence-corrected chi connectivity index (χ1v) is 6.31. The Morgan fingerprint density at radius 2 is 2.12 bits per heavy atom. The van der Waals surface area contributed by atoms with Crippen LogP contribution in [0.4, 0.5) is 0 Å². The summed E-state index contributed by atoms with van der Waals surface area (Å²) in [6.45, 7) is 10.0. The fourth-order valence-electron chi connectivity index (χ4n) is 1.88. The van der Waals surface area contributed by atoms with E-state index in [1.807, 2.05) is 0 Å². The summed E-state index contributed by atoms with van der Waals surface area (Å²) in [6.07, 6.45) is 3.33. The van der Waals surface area contributed by atoms with Gasteiger partial charge in [0.05, 0.1) is 0 Å². The zero-order valence-corrected chi connectivity index (χ0v) is 10.9. The molecule has 0 fully saturated rings. The van der Waals surface area contributed by atoms with Crippen molar-refractivity contribution in [2.45, 2.75) is 26.8 Å². The fourth-order valence-corrected chi connectivity index (χ4v) is 1.88. The third kappa shape index (κ3) is 4.37. The Kier molecular flexibility index (Phi) is 6.19. The summed E-state index contributed by atoms with van der Waals surface area (Å²) in [7, 11) is 2.09. The molecule has 1 aromatic rings. The smallest absolute Gasteiger partial charge is 0.0359 e. The molecule has 0 radical (unpaired) electrons. The Labute approximate surface area is 99.4 Å². The van der Waals surface area contributed by atoms with Crippen molar-refractivity contribution < 1.29 is 0 Å². The molecule has 0 aliphatic carbocycles. The molecule has 0 bridgehead atoms. The molecular formula is C13H25N3. The van der Waals surface area contributed by atoms with Crippen LogP contribution in [0.3, 0.4) is 0 Å². The minimum Gasteiger partial charge on any atom is -0.353 e. The SMILES string of the molecule is CCCN(CC)CCNCc1cccn1C.